The molecule has 2 saturated carbocycles. The summed E-state index contributed by atoms with van der Waals surface area (Å²) in [5.41, 5.74) is 9.31. The number of hydrogen-bond donors (Lipinski definition) is 6. The zero-order valence-corrected chi connectivity index (χ0v) is 16.5. The van der Waals surface area contributed by atoms with Gasteiger partial charge in [0, 0.05) is 11.5 Å². The molecular weight excluding hydrogens is 404 g/mol. The second kappa shape index (κ2) is 6.18. The molecule has 0 saturated heterocycles. The normalized spacial score (nSPS) is 32.5. The lowest BCUT2D eigenvalue weighted by molar-refractivity contribution is -0.149. The summed E-state index contributed by atoms with van der Waals surface area (Å²) >= 11 is 0. The van der Waals surface area contributed by atoms with E-state index in [4.69, 9.17) is 11.5 Å². The van der Waals surface area contributed by atoms with Crippen molar-refractivity contribution in [3.63, 3.8) is 0 Å². The fourth-order valence-electron chi connectivity index (χ4n) is 5.52. The van der Waals surface area contributed by atoms with Crippen molar-refractivity contribution in [3.8, 4) is 5.75 Å². The molecule has 0 heterocycles. The van der Waals surface area contributed by atoms with Gasteiger partial charge in [0.25, 0.3) is 5.91 Å². The molecule has 0 unspecified atom stereocenters. The topological polar surface area (TPSA) is 184 Å². The number of aliphatic hydroxyl groups excluding tert-OH is 2. The Morgan fingerprint density at radius 3 is 2.39 bits per heavy atom. The molecule has 1 aromatic rings. The minimum absolute atomic E-state index is 0.0177. The van der Waals surface area contributed by atoms with E-state index < -0.39 is 58.0 Å². The molecule has 1 aromatic carbocycles. The molecule has 9 heteroatoms. The molecule has 0 spiro atoms. The van der Waals surface area contributed by atoms with Crippen LogP contribution in [0.15, 0.2) is 29.0 Å². The average molecular weight is 426 g/mol. The van der Waals surface area contributed by atoms with Crippen LogP contribution in [0.3, 0.4) is 0 Å². The predicted molar refractivity (Wildman–Crippen MR) is 107 cm³/mol. The smallest absolute Gasteiger partial charge is 0.255 e. The maximum Gasteiger partial charge on any atom is 0.255 e. The summed E-state index contributed by atoms with van der Waals surface area (Å²) in [6, 6.07) is 1.85. The predicted octanol–water partition coefficient (Wildman–Crippen LogP) is 0.238. The highest BCUT2D eigenvalue weighted by Crippen LogP contribution is 2.54. The number of phenolic OH excluding ortho intramolecular Hbond substituents is 1. The van der Waals surface area contributed by atoms with E-state index in [1.807, 2.05) is 6.07 Å². The highest BCUT2D eigenvalue weighted by atomic mass is 16.3. The third-order valence-electron chi connectivity index (χ3n) is 7.19. The van der Waals surface area contributed by atoms with Gasteiger partial charge in [-0.15, -0.1) is 0 Å². The van der Waals surface area contributed by atoms with Crippen molar-refractivity contribution in [2.75, 3.05) is 0 Å². The number of aromatic hydroxyl groups is 1. The van der Waals surface area contributed by atoms with Gasteiger partial charge in [-0.3, -0.25) is 14.4 Å². The maximum absolute atomic E-state index is 13.4. The molecule has 2 fully saturated rings. The Hall–Kier alpha value is -3.17. The summed E-state index contributed by atoms with van der Waals surface area (Å²) in [4.78, 5) is 37.7. The average Bonchev–Trinajstić information content (AvgIpc) is 3.54. The van der Waals surface area contributed by atoms with Crippen molar-refractivity contribution < 1.29 is 34.8 Å². The minimum atomic E-state index is -2.67. The first-order chi connectivity index (χ1) is 14.6. The number of hydrogen-bond acceptors (Lipinski definition) is 8. The highest BCUT2D eigenvalue weighted by molar-refractivity contribution is 6.24. The van der Waals surface area contributed by atoms with Gasteiger partial charge in [0.1, 0.15) is 22.8 Å². The quantitative estimate of drug-likeness (QED) is 0.363. The second-order valence-electron chi connectivity index (χ2n) is 8.88. The fraction of sp³-hybridized carbons (Fsp3) is 0.409. The summed E-state index contributed by atoms with van der Waals surface area (Å²) in [5.74, 6) is -6.54. The Balaban J connectivity index is 1.73. The Morgan fingerprint density at radius 1 is 1.10 bits per heavy atom. The van der Waals surface area contributed by atoms with E-state index >= 15 is 0 Å². The number of nitrogens with two attached hydrogens (primary N) is 2. The van der Waals surface area contributed by atoms with Gasteiger partial charge in [-0.25, -0.2) is 0 Å². The molecule has 0 bridgehead atoms. The number of benzene rings is 1. The Morgan fingerprint density at radius 2 is 1.77 bits per heavy atom. The maximum atomic E-state index is 13.4. The van der Waals surface area contributed by atoms with Crippen LogP contribution in [-0.4, -0.2) is 49.5 Å². The molecule has 9 nitrogen and oxygen atoms in total. The number of aliphatic hydroxyl groups is 3. The summed E-state index contributed by atoms with van der Waals surface area (Å²) in [7, 11) is 0. The number of carbonyl (C=O) groups is 3. The monoisotopic (exact) mass is 426 g/mol. The SMILES string of the molecule is NC(=O)C1=C(O)[C@@]2(O)C(=O)C3=C(O)c4c(O)ccc(C5CC5)c4C[C@H]3C[C@H]2[C@@H](N)C1=O. The molecule has 4 atom stereocenters. The summed E-state index contributed by atoms with van der Waals surface area (Å²) < 4.78 is 0. The standard InChI is InChI=1S/C22H22N2O7/c23-16-11-6-8-5-10-9(7-1-2-7)3-4-12(25)14(10)17(26)13(8)19(28)22(11,31)20(29)15(18(16)27)21(24)30/h3-4,7-8,11,16,25-26,29,31H,1-2,5-6,23H2,(H2,24,30)/t8-,11-,16+,22-/m0/s1. The molecule has 31 heavy (non-hydrogen) atoms. The van der Waals surface area contributed by atoms with Gasteiger partial charge >= 0.3 is 0 Å². The van der Waals surface area contributed by atoms with Gasteiger partial charge < -0.3 is 31.9 Å². The number of amides is 1. The fourth-order valence-corrected chi connectivity index (χ4v) is 5.52. The summed E-state index contributed by atoms with van der Waals surface area (Å²) in [6.07, 6.45) is 2.31. The molecule has 0 aliphatic heterocycles. The summed E-state index contributed by atoms with van der Waals surface area (Å²) in [5, 5.41) is 43.3. The van der Waals surface area contributed by atoms with Crippen LogP contribution in [0.2, 0.25) is 0 Å². The summed E-state index contributed by atoms with van der Waals surface area (Å²) in [6.45, 7) is 0. The number of rotatable bonds is 2. The number of carbonyl (C=O) groups excluding carboxylic acids is 3. The van der Waals surface area contributed by atoms with Crippen molar-refractivity contribution in [1.29, 1.82) is 0 Å². The van der Waals surface area contributed by atoms with E-state index in [1.54, 1.807) is 0 Å². The van der Waals surface area contributed by atoms with Crippen LogP contribution in [0.25, 0.3) is 5.76 Å². The molecule has 8 N–H and O–H groups in total. The first-order valence-electron chi connectivity index (χ1n) is 10.2. The molecule has 0 radical (unpaired) electrons. The zero-order valence-electron chi connectivity index (χ0n) is 16.5. The van der Waals surface area contributed by atoms with Crippen molar-refractivity contribution >= 4 is 23.2 Å². The van der Waals surface area contributed by atoms with E-state index in [2.05, 4.69) is 0 Å². The van der Waals surface area contributed by atoms with E-state index in [0.717, 1.165) is 24.0 Å². The van der Waals surface area contributed by atoms with E-state index in [1.165, 1.54) is 6.07 Å². The lowest BCUT2D eigenvalue weighted by Gasteiger charge is -2.48. The van der Waals surface area contributed by atoms with Crippen molar-refractivity contribution in [2.24, 2.45) is 23.3 Å². The molecule has 1 amide bonds. The third-order valence-corrected chi connectivity index (χ3v) is 7.19. The largest absolute Gasteiger partial charge is 0.508 e. The number of Topliss-reactive ketones (excluding diaryl/α,β-unsaturated/α-hetero) is 2. The van der Waals surface area contributed by atoms with Crippen LogP contribution < -0.4 is 11.5 Å². The number of ketones is 2. The second-order valence-corrected chi connectivity index (χ2v) is 8.88. The van der Waals surface area contributed by atoms with Gasteiger partial charge in [-0.1, -0.05) is 6.07 Å². The first kappa shape index (κ1) is 19.8. The van der Waals surface area contributed by atoms with Gasteiger partial charge in [-0.2, -0.15) is 0 Å². The molecule has 4 aliphatic rings. The molecule has 5 rings (SSSR count). The van der Waals surface area contributed by atoms with Gasteiger partial charge in [-0.05, 0) is 54.7 Å². The minimum Gasteiger partial charge on any atom is -0.508 e. The van der Waals surface area contributed by atoms with Crippen molar-refractivity contribution in [1.82, 2.24) is 0 Å². The molecule has 4 aliphatic carbocycles. The number of fused-ring (bicyclic) bond motifs is 3. The lowest BCUT2D eigenvalue weighted by atomic mass is 9.57. The Kier molecular flexibility index (Phi) is 3.94. The van der Waals surface area contributed by atoms with E-state index in [0.29, 0.717) is 12.3 Å². The van der Waals surface area contributed by atoms with E-state index in [-0.39, 0.29) is 23.3 Å². The number of phenols is 1. The van der Waals surface area contributed by atoms with Gasteiger partial charge in [0.15, 0.2) is 11.4 Å². The number of primary amides is 1. The van der Waals surface area contributed by atoms with Crippen LogP contribution in [0.1, 0.15) is 41.9 Å². The molecule has 162 valence electrons. The molecular formula is C22H22N2O7. The van der Waals surface area contributed by atoms with Gasteiger partial charge in [0.2, 0.25) is 5.78 Å². The van der Waals surface area contributed by atoms with E-state index in [9.17, 15) is 34.8 Å². The Bertz CT molecular complexity index is 1150. The van der Waals surface area contributed by atoms with Gasteiger partial charge in [0.05, 0.1) is 11.6 Å². The lowest BCUT2D eigenvalue weighted by Crippen LogP contribution is -2.65. The van der Waals surface area contributed by atoms with Crippen LogP contribution in [-0.2, 0) is 20.8 Å². The highest BCUT2D eigenvalue weighted by Gasteiger charge is 2.63. The van der Waals surface area contributed by atoms with Crippen LogP contribution in [0.4, 0.5) is 0 Å². The third kappa shape index (κ3) is 2.41. The Labute approximate surface area is 176 Å². The van der Waals surface area contributed by atoms with Crippen molar-refractivity contribution in [2.45, 2.75) is 43.2 Å². The first-order valence-corrected chi connectivity index (χ1v) is 10.2. The van der Waals surface area contributed by atoms with Crippen molar-refractivity contribution in [3.05, 3.63) is 45.7 Å². The zero-order chi connectivity index (χ0) is 22.4. The molecule has 0 aromatic heterocycles. The van der Waals surface area contributed by atoms with Crippen LogP contribution >= 0.6 is 0 Å². The van der Waals surface area contributed by atoms with Crippen LogP contribution in [0.5, 0.6) is 5.75 Å². The van der Waals surface area contributed by atoms with Crippen LogP contribution in [0, 0.1) is 11.8 Å².